The topological polar surface area (TPSA) is 38.5 Å². The second-order valence-electron chi connectivity index (χ2n) is 5.56. The van der Waals surface area contributed by atoms with E-state index in [0.717, 1.165) is 31.5 Å². The molecule has 2 N–H and O–H groups in total. The fraction of sp³-hybridized carbons (Fsp3) is 1.00. The van der Waals surface area contributed by atoms with Crippen molar-refractivity contribution in [3.05, 3.63) is 0 Å². The predicted octanol–water partition coefficient (Wildman–Crippen LogP) is 2.25. The molecule has 17 heavy (non-hydrogen) atoms. The molecule has 0 saturated heterocycles. The van der Waals surface area contributed by atoms with E-state index >= 15 is 0 Å². The van der Waals surface area contributed by atoms with Crippen LogP contribution in [0.2, 0.25) is 0 Å². The van der Waals surface area contributed by atoms with E-state index in [1.807, 2.05) is 0 Å². The van der Waals surface area contributed by atoms with Gasteiger partial charge in [0.2, 0.25) is 0 Å². The van der Waals surface area contributed by atoms with Crippen LogP contribution in [0.3, 0.4) is 0 Å². The molecule has 0 aliphatic heterocycles. The lowest BCUT2D eigenvalue weighted by Gasteiger charge is -2.35. The minimum atomic E-state index is 0.254. The van der Waals surface area contributed by atoms with Gasteiger partial charge in [-0.15, -0.1) is 0 Å². The van der Waals surface area contributed by atoms with Crippen LogP contribution in [0.5, 0.6) is 0 Å². The third kappa shape index (κ3) is 5.36. The fourth-order valence-corrected chi connectivity index (χ4v) is 2.87. The zero-order valence-corrected chi connectivity index (χ0v) is 11.8. The second kappa shape index (κ2) is 8.06. The van der Waals surface area contributed by atoms with Crippen molar-refractivity contribution in [2.24, 2.45) is 11.7 Å². The molecule has 1 unspecified atom stereocenters. The van der Waals surface area contributed by atoms with Crippen LogP contribution in [0.4, 0.5) is 0 Å². The smallest absolute Gasteiger partial charge is 0.0477 e. The molecule has 0 amide bonds. The second-order valence-corrected chi connectivity index (χ2v) is 5.56. The van der Waals surface area contributed by atoms with Crippen molar-refractivity contribution in [2.75, 3.05) is 27.3 Å². The number of methoxy groups -OCH3 is 1. The van der Waals surface area contributed by atoms with Gasteiger partial charge in [0, 0.05) is 32.3 Å². The summed E-state index contributed by atoms with van der Waals surface area (Å²) in [7, 11) is 3.96. The van der Waals surface area contributed by atoms with Crippen LogP contribution in [0.25, 0.3) is 0 Å². The average Bonchev–Trinajstić information content (AvgIpc) is 2.36. The van der Waals surface area contributed by atoms with Gasteiger partial charge in [-0.3, -0.25) is 0 Å². The van der Waals surface area contributed by atoms with Gasteiger partial charge < -0.3 is 15.4 Å². The summed E-state index contributed by atoms with van der Waals surface area (Å²) < 4.78 is 5.07. The summed E-state index contributed by atoms with van der Waals surface area (Å²) in [6.07, 6.45) is 7.82. The van der Waals surface area contributed by atoms with Crippen molar-refractivity contribution in [1.29, 1.82) is 0 Å². The predicted molar refractivity (Wildman–Crippen MR) is 73.1 cm³/mol. The highest BCUT2D eigenvalue weighted by Gasteiger charge is 2.23. The number of hydrogen-bond acceptors (Lipinski definition) is 3. The zero-order valence-electron chi connectivity index (χ0n) is 11.8. The molecule has 1 aliphatic rings. The Hall–Kier alpha value is -0.120. The van der Waals surface area contributed by atoms with Crippen molar-refractivity contribution in [1.82, 2.24) is 4.90 Å². The van der Waals surface area contributed by atoms with E-state index in [2.05, 4.69) is 18.9 Å². The lowest BCUT2D eigenvalue weighted by Crippen LogP contribution is -2.43. The first-order valence-electron chi connectivity index (χ1n) is 7.12. The third-order valence-electron chi connectivity index (χ3n) is 4.23. The Morgan fingerprint density at radius 2 is 1.94 bits per heavy atom. The van der Waals surface area contributed by atoms with Crippen molar-refractivity contribution < 1.29 is 4.74 Å². The minimum Gasteiger partial charge on any atom is -0.385 e. The fourth-order valence-electron chi connectivity index (χ4n) is 2.87. The normalized spacial score (nSPS) is 27.4. The van der Waals surface area contributed by atoms with Gasteiger partial charge in [0.05, 0.1) is 0 Å². The lowest BCUT2D eigenvalue weighted by molar-refractivity contribution is 0.141. The number of hydrogen-bond donors (Lipinski definition) is 1. The van der Waals surface area contributed by atoms with Gasteiger partial charge >= 0.3 is 0 Å². The van der Waals surface area contributed by atoms with E-state index in [1.54, 1.807) is 7.11 Å². The molecule has 0 aromatic heterocycles. The molecule has 3 heteroatoms. The number of likely N-dealkylation sites (N-methyl/N-ethyl adjacent to an activating group) is 1. The molecular weight excluding hydrogens is 212 g/mol. The summed E-state index contributed by atoms with van der Waals surface area (Å²) in [5.74, 6) is 0.974. The van der Waals surface area contributed by atoms with Gasteiger partial charge in [0.25, 0.3) is 0 Å². The van der Waals surface area contributed by atoms with Crippen LogP contribution in [-0.4, -0.2) is 44.3 Å². The summed E-state index contributed by atoms with van der Waals surface area (Å²) in [6, 6.07) is 1.01. The standard InChI is InChI=1S/C14H30N2O/c1-4-12-5-7-14(8-6-12)16(2)11-13(15)9-10-17-3/h12-14H,4-11,15H2,1-3H3. The number of ether oxygens (including phenoxy) is 1. The third-order valence-corrected chi connectivity index (χ3v) is 4.23. The molecule has 1 fully saturated rings. The SMILES string of the molecule is CCC1CCC(N(C)CC(N)CCOC)CC1. The first-order valence-corrected chi connectivity index (χ1v) is 7.12. The number of rotatable bonds is 7. The number of nitrogens with zero attached hydrogens (tertiary/aromatic N) is 1. The van der Waals surface area contributed by atoms with E-state index in [1.165, 1.54) is 32.1 Å². The van der Waals surface area contributed by atoms with Gasteiger partial charge in [-0.05, 0) is 45.1 Å². The van der Waals surface area contributed by atoms with Crippen molar-refractivity contribution >= 4 is 0 Å². The molecule has 3 nitrogen and oxygen atoms in total. The Labute approximate surface area is 107 Å². The molecule has 1 saturated carbocycles. The van der Waals surface area contributed by atoms with E-state index in [0.29, 0.717) is 0 Å². The molecule has 0 heterocycles. The molecule has 1 aliphatic carbocycles. The van der Waals surface area contributed by atoms with Gasteiger partial charge in [0.15, 0.2) is 0 Å². The summed E-state index contributed by atoms with van der Waals surface area (Å²) in [5.41, 5.74) is 6.10. The highest BCUT2D eigenvalue weighted by Crippen LogP contribution is 2.28. The average molecular weight is 242 g/mol. The van der Waals surface area contributed by atoms with Crippen LogP contribution >= 0.6 is 0 Å². The van der Waals surface area contributed by atoms with Gasteiger partial charge in [-0.25, -0.2) is 0 Å². The van der Waals surface area contributed by atoms with Crippen LogP contribution in [0.1, 0.15) is 45.4 Å². The largest absolute Gasteiger partial charge is 0.385 e. The van der Waals surface area contributed by atoms with E-state index in [4.69, 9.17) is 10.5 Å². The summed E-state index contributed by atoms with van der Waals surface area (Å²) in [4.78, 5) is 2.46. The van der Waals surface area contributed by atoms with Crippen LogP contribution in [-0.2, 0) is 4.74 Å². The van der Waals surface area contributed by atoms with Crippen molar-refractivity contribution in [2.45, 2.75) is 57.5 Å². The Morgan fingerprint density at radius 3 is 2.47 bits per heavy atom. The van der Waals surface area contributed by atoms with Crippen LogP contribution < -0.4 is 5.73 Å². The minimum absolute atomic E-state index is 0.254. The van der Waals surface area contributed by atoms with E-state index < -0.39 is 0 Å². The maximum Gasteiger partial charge on any atom is 0.0477 e. The van der Waals surface area contributed by atoms with Gasteiger partial charge in [0.1, 0.15) is 0 Å². The first kappa shape index (κ1) is 14.9. The summed E-state index contributed by atoms with van der Waals surface area (Å²) >= 11 is 0. The van der Waals surface area contributed by atoms with Gasteiger partial charge in [-0.2, -0.15) is 0 Å². The molecule has 0 aromatic carbocycles. The van der Waals surface area contributed by atoms with Crippen LogP contribution in [0, 0.1) is 5.92 Å². The van der Waals surface area contributed by atoms with Crippen LogP contribution in [0.15, 0.2) is 0 Å². The Kier molecular flexibility index (Phi) is 7.09. The maximum absolute atomic E-state index is 6.10. The Bertz CT molecular complexity index is 191. The van der Waals surface area contributed by atoms with Crippen molar-refractivity contribution in [3.8, 4) is 0 Å². The summed E-state index contributed by atoms with van der Waals surface area (Å²) in [5, 5.41) is 0. The molecule has 0 radical (unpaired) electrons. The Balaban J connectivity index is 2.21. The Morgan fingerprint density at radius 1 is 1.29 bits per heavy atom. The molecule has 1 rings (SSSR count). The molecule has 0 bridgehead atoms. The maximum atomic E-state index is 6.10. The first-order chi connectivity index (χ1) is 8.17. The quantitative estimate of drug-likeness (QED) is 0.744. The number of nitrogens with two attached hydrogens (primary N) is 1. The summed E-state index contributed by atoms with van der Waals surface area (Å²) in [6.45, 7) is 4.10. The molecule has 102 valence electrons. The van der Waals surface area contributed by atoms with E-state index in [9.17, 15) is 0 Å². The zero-order chi connectivity index (χ0) is 12.7. The monoisotopic (exact) mass is 242 g/mol. The molecular formula is C14H30N2O. The van der Waals surface area contributed by atoms with Crippen molar-refractivity contribution in [3.63, 3.8) is 0 Å². The van der Waals surface area contributed by atoms with Gasteiger partial charge in [-0.1, -0.05) is 13.3 Å². The molecule has 1 atom stereocenters. The highest BCUT2D eigenvalue weighted by atomic mass is 16.5. The highest BCUT2D eigenvalue weighted by molar-refractivity contribution is 4.79. The molecule has 0 aromatic rings. The van der Waals surface area contributed by atoms with E-state index in [-0.39, 0.29) is 6.04 Å². The molecule has 0 spiro atoms. The lowest BCUT2D eigenvalue weighted by atomic mass is 9.84.